The van der Waals surface area contributed by atoms with Crippen LogP contribution in [0.4, 0.5) is 5.69 Å². The number of anilines is 1. The predicted molar refractivity (Wildman–Crippen MR) is 84.9 cm³/mol. The highest BCUT2D eigenvalue weighted by Gasteiger charge is 2.21. The van der Waals surface area contributed by atoms with E-state index in [1.165, 1.54) is 42.5 Å². The Balaban J connectivity index is 1.64. The number of rotatable bonds is 5. The highest BCUT2D eigenvalue weighted by molar-refractivity contribution is 5.52. The van der Waals surface area contributed by atoms with E-state index >= 15 is 0 Å². The van der Waals surface area contributed by atoms with Crippen LogP contribution in [0, 0.1) is 12.8 Å². The summed E-state index contributed by atoms with van der Waals surface area (Å²) >= 11 is 0. The number of likely N-dealkylation sites (N-methyl/N-ethyl adjacent to an activating group) is 1. The summed E-state index contributed by atoms with van der Waals surface area (Å²) in [6.45, 7) is 6.70. The first-order valence-electron chi connectivity index (χ1n) is 8.00. The monoisotopic (exact) mass is 273 g/mol. The quantitative estimate of drug-likeness (QED) is 0.890. The Morgan fingerprint density at radius 1 is 1.15 bits per heavy atom. The molecule has 0 bridgehead atoms. The lowest BCUT2D eigenvalue weighted by Crippen LogP contribution is -2.47. The number of nitrogens with one attached hydrogen (secondary N) is 1. The molecule has 0 aromatic heterocycles. The highest BCUT2D eigenvalue weighted by atomic mass is 15.5. The third-order valence-electron chi connectivity index (χ3n) is 4.56. The van der Waals surface area contributed by atoms with Crippen LogP contribution >= 0.6 is 0 Å². The summed E-state index contributed by atoms with van der Waals surface area (Å²) in [5, 5.41) is 2.37. The van der Waals surface area contributed by atoms with Crippen LogP contribution in [-0.4, -0.2) is 43.1 Å². The molecular weight excluding hydrogens is 246 g/mol. The van der Waals surface area contributed by atoms with Gasteiger partial charge in [0.15, 0.2) is 0 Å². The molecule has 0 spiro atoms. The molecule has 1 saturated heterocycles. The maximum Gasteiger partial charge on any atom is 0.0522 e. The molecule has 2 fully saturated rings. The molecule has 3 heteroatoms. The lowest BCUT2D eigenvalue weighted by molar-refractivity contribution is 0.179. The van der Waals surface area contributed by atoms with E-state index < -0.39 is 0 Å². The molecule has 3 nitrogen and oxygen atoms in total. The van der Waals surface area contributed by atoms with Crippen molar-refractivity contribution in [3.63, 3.8) is 0 Å². The standard InChI is InChI=1S/C17H27N3/c1-14-3-8-17(16(13-14)7-6-15-4-5-15)18-20-11-9-19(2)10-12-20/h3,8,13,15,18H,4-7,9-12H2,1-2H3. The maximum absolute atomic E-state index is 3.65. The molecule has 1 saturated carbocycles. The van der Waals surface area contributed by atoms with Gasteiger partial charge in [-0.15, -0.1) is 0 Å². The normalized spacial score (nSPS) is 21.1. The van der Waals surface area contributed by atoms with Gasteiger partial charge in [0.1, 0.15) is 0 Å². The lowest BCUT2D eigenvalue weighted by Gasteiger charge is -2.33. The Kier molecular flexibility index (Phi) is 4.27. The SMILES string of the molecule is Cc1ccc(NN2CCN(C)CC2)c(CCC2CC2)c1. The number of aryl methyl sites for hydroxylation is 2. The van der Waals surface area contributed by atoms with Crippen LogP contribution in [0.15, 0.2) is 18.2 Å². The Bertz CT molecular complexity index is 446. The van der Waals surface area contributed by atoms with Gasteiger partial charge in [-0.2, -0.15) is 0 Å². The number of piperazine rings is 1. The van der Waals surface area contributed by atoms with Crippen LogP contribution in [0.1, 0.15) is 30.4 Å². The molecular formula is C17H27N3. The van der Waals surface area contributed by atoms with Crippen molar-refractivity contribution in [2.45, 2.75) is 32.6 Å². The van der Waals surface area contributed by atoms with Crippen LogP contribution in [0.25, 0.3) is 0 Å². The Labute approximate surface area is 122 Å². The van der Waals surface area contributed by atoms with E-state index in [0.717, 1.165) is 32.1 Å². The molecule has 3 rings (SSSR count). The van der Waals surface area contributed by atoms with E-state index in [-0.39, 0.29) is 0 Å². The van der Waals surface area contributed by atoms with Gasteiger partial charge in [0.2, 0.25) is 0 Å². The molecule has 2 aliphatic rings. The Morgan fingerprint density at radius 3 is 2.60 bits per heavy atom. The smallest absolute Gasteiger partial charge is 0.0522 e. The second-order valence-corrected chi connectivity index (χ2v) is 6.54. The average molecular weight is 273 g/mol. The van der Waals surface area contributed by atoms with Gasteiger partial charge in [-0.1, -0.05) is 30.5 Å². The van der Waals surface area contributed by atoms with Crippen molar-refractivity contribution in [1.82, 2.24) is 9.91 Å². The van der Waals surface area contributed by atoms with Crippen LogP contribution in [0.2, 0.25) is 0 Å². The van der Waals surface area contributed by atoms with Gasteiger partial charge < -0.3 is 10.3 Å². The van der Waals surface area contributed by atoms with Crippen LogP contribution < -0.4 is 5.43 Å². The van der Waals surface area contributed by atoms with Crippen molar-refractivity contribution in [3.05, 3.63) is 29.3 Å². The predicted octanol–water partition coefficient (Wildman–Crippen LogP) is 2.91. The fourth-order valence-electron chi connectivity index (χ4n) is 2.89. The first-order valence-corrected chi connectivity index (χ1v) is 8.00. The number of hydrazine groups is 1. The molecule has 20 heavy (non-hydrogen) atoms. The van der Waals surface area contributed by atoms with Crippen LogP contribution in [-0.2, 0) is 6.42 Å². The topological polar surface area (TPSA) is 18.5 Å². The molecule has 0 radical (unpaired) electrons. The second kappa shape index (κ2) is 6.15. The first kappa shape index (κ1) is 13.9. The summed E-state index contributed by atoms with van der Waals surface area (Å²) in [7, 11) is 2.20. The van der Waals surface area contributed by atoms with Gasteiger partial charge in [-0.3, -0.25) is 0 Å². The van der Waals surface area contributed by atoms with Gasteiger partial charge in [0.05, 0.1) is 5.69 Å². The summed E-state index contributed by atoms with van der Waals surface area (Å²) in [4.78, 5) is 2.39. The fraction of sp³-hybridized carbons (Fsp3) is 0.647. The summed E-state index contributed by atoms with van der Waals surface area (Å²) in [6.07, 6.45) is 5.49. The van der Waals surface area contributed by atoms with Gasteiger partial charge in [-0.05, 0) is 44.4 Å². The van der Waals surface area contributed by atoms with Crippen molar-refractivity contribution in [2.24, 2.45) is 5.92 Å². The first-order chi connectivity index (χ1) is 9.70. The molecule has 1 aliphatic heterocycles. The maximum atomic E-state index is 3.65. The van der Waals surface area contributed by atoms with Crippen LogP contribution in [0.3, 0.4) is 0 Å². The van der Waals surface area contributed by atoms with Gasteiger partial charge in [0.25, 0.3) is 0 Å². The molecule has 0 unspecified atom stereocenters. The Hall–Kier alpha value is -1.06. The molecule has 1 N–H and O–H groups in total. The number of nitrogens with zero attached hydrogens (tertiary/aromatic N) is 2. The zero-order valence-corrected chi connectivity index (χ0v) is 12.9. The summed E-state index contributed by atoms with van der Waals surface area (Å²) in [5.74, 6) is 1.01. The zero-order chi connectivity index (χ0) is 13.9. The fourth-order valence-corrected chi connectivity index (χ4v) is 2.89. The van der Waals surface area contributed by atoms with E-state index in [2.05, 4.69) is 47.5 Å². The van der Waals surface area contributed by atoms with E-state index in [1.807, 2.05) is 0 Å². The van der Waals surface area contributed by atoms with E-state index in [9.17, 15) is 0 Å². The van der Waals surface area contributed by atoms with Crippen molar-refractivity contribution in [1.29, 1.82) is 0 Å². The minimum absolute atomic E-state index is 1.01. The zero-order valence-electron chi connectivity index (χ0n) is 12.9. The van der Waals surface area contributed by atoms with E-state index in [0.29, 0.717) is 0 Å². The van der Waals surface area contributed by atoms with E-state index in [1.54, 1.807) is 0 Å². The van der Waals surface area contributed by atoms with Crippen molar-refractivity contribution in [2.75, 3.05) is 38.7 Å². The molecule has 1 aromatic rings. The number of benzene rings is 1. The van der Waals surface area contributed by atoms with Crippen molar-refractivity contribution < 1.29 is 0 Å². The molecule has 110 valence electrons. The molecule has 1 aromatic carbocycles. The molecule has 1 heterocycles. The summed E-state index contributed by atoms with van der Waals surface area (Å²) in [6, 6.07) is 6.84. The van der Waals surface area contributed by atoms with Crippen molar-refractivity contribution in [3.8, 4) is 0 Å². The Morgan fingerprint density at radius 2 is 1.90 bits per heavy atom. The minimum atomic E-state index is 1.01. The average Bonchev–Trinajstić information content (AvgIpc) is 3.25. The third kappa shape index (κ3) is 3.74. The van der Waals surface area contributed by atoms with Crippen molar-refractivity contribution >= 4 is 5.69 Å². The van der Waals surface area contributed by atoms with Gasteiger partial charge in [-0.25, -0.2) is 5.01 Å². The van der Waals surface area contributed by atoms with Crippen LogP contribution in [0.5, 0.6) is 0 Å². The number of hydrogen-bond donors (Lipinski definition) is 1. The summed E-state index contributed by atoms with van der Waals surface area (Å²) < 4.78 is 0. The molecule has 0 atom stereocenters. The lowest BCUT2D eigenvalue weighted by atomic mass is 10.0. The largest absolute Gasteiger partial charge is 0.319 e. The third-order valence-corrected chi connectivity index (χ3v) is 4.56. The van der Waals surface area contributed by atoms with Gasteiger partial charge in [0, 0.05) is 26.2 Å². The molecule has 1 aliphatic carbocycles. The minimum Gasteiger partial charge on any atom is -0.319 e. The second-order valence-electron chi connectivity index (χ2n) is 6.54. The van der Waals surface area contributed by atoms with Gasteiger partial charge >= 0.3 is 0 Å². The number of hydrogen-bond acceptors (Lipinski definition) is 3. The highest BCUT2D eigenvalue weighted by Crippen LogP contribution is 2.34. The summed E-state index contributed by atoms with van der Waals surface area (Å²) in [5.41, 5.74) is 7.84. The van der Waals surface area contributed by atoms with E-state index in [4.69, 9.17) is 0 Å². The molecule has 0 amide bonds.